The second-order valence-corrected chi connectivity index (χ2v) is 2.95. The minimum Gasteiger partial charge on any atom is -0.424 e. The van der Waals surface area contributed by atoms with Gasteiger partial charge in [0, 0.05) is 0 Å². The third kappa shape index (κ3) is 3.39. The lowest BCUT2D eigenvalue weighted by molar-refractivity contribution is -0.356. The van der Waals surface area contributed by atoms with Crippen molar-refractivity contribution in [1.82, 2.24) is 0 Å². The molecule has 0 amide bonds. The van der Waals surface area contributed by atoms with Gasteiger partial charge in [-0.1, -0.05) is 0 Å². The van der Waals surface area contributed by atoms with E-state index in [1.807, 2.05) is 0 Å². The SMILES string of the molecule is O=C(OC(O)C(F)(F)C(F)(F)F)C(F)(F)C(F)(F)F. The first kappa shape index (κ1) is 17.7. The Morgan fingerprint density at radius 2 is 1.21 bits per heavy atom. The van der Waals surface area contributed by atoms with Crippen LogP contribution in [0, 0.1) is 0 Å². The highest BCUT2D eigenvalue weighted by atomic mass is 19.4. The van der Waals surface area contributed by atoms with E-state index in [1.165, 1.54) is 0 Å². The molecule has 3 nitrogen and oxygen atoms in total. The number of carbonyl (C=O) groups excluding carboxylic acids is 1. The maximum absolute atomic E-state index is 12.2. The third-order valence-corrected chi connectivity index (χ3v) is 1.52. The Bertz CT molecular complexity index is 342. The number of hydrogen-bond donors (Lipinski definition) is 1. The molecular formula is C6H2F10O3. The number of aliphatic hydroxyl groups is 1. The molecule has 0 aromatic carbocycles. The van der Waals surface area contributed by atoms with Crippen LogP contribution in [-0.2, 0) is 9.53 Å². The lowest BCUT2D eigenvalue weighted by Crippen LogP contribution is -2.53. The zero-order valence-corrected chi connectivity index (χ0v) is 8.12. The summed E-state index contributed by atoms with van der Waals surface area (Å²) in [5.74, 6) is -16.4. The molecule has 0 aromatic heterocycles. The third-order valence-electron chi connectivity index (χ3n) is 1.52. The molecule has 0 radical (unpaired) electrons. The molecule has 19 heavy (non-hydrogen) atoms. The standard InChI is InChI=1S/C6H2F10O3/c7-3(8,5(11,12)13)1(17)19-2(18)4(9,10)6(14,15)16/h1,17H. The average Bonchev–Trinajstić information content (AvgIpc) is 2.13. The maximum atomic E-state index is 12.2. The van der Waals surface area contributed by atoms with Crippen LogP contribution < -0.4 is 0 Å². The van der Waals surface area contributed by atoms with Crippen LogP contribution in [0.25, 0.3) is 0 Å². The van der Waals surface area contributed by atoms with Crippen molar-refractivity contribution in [3.05, 3.63) is 0 Å². The van der Waals surface area contributed by atoms with Crippen molar-refractivity contribution < 1.29 is 58.5 Å². The Hall–Kier alpha value is -1.27. The Balaban J connectivity index is 5.05. The van der Waals surface area contributed by atoms with Gasteiger partial charge in [-0.3, -0.25) is 0 Å². The van der Waals surface area contributed by atoms with E-state index in [2.05, 4.69) is 4.74 Å². The molecule has 13 heteroatoms. The minimum absolute atomic E-state index is 2.41. The first-order valence-electron chi connectivity index (χ1n) is 3.83. The number of halogens is 10. The quantitative estimate of drug-likeness (QED) is 0.494. The van der Waals surface area contributed by atoms with E-state index in [1.54, 1.807) is 0 Å². The van der Waals surface area contributed by atoms with E-state index in [0.29, 0.717) is 0 Å². The molecule has 1 atom stereocenters. The Morgan fingerprint density at radius 1 is 0.842 bits per heavy atom. The van der Waals surface area contributed by atoms with Gasteiger partial charge in [0.05, 0.1) is 0 Å². The summed E-state index contributed by atoms with van der Waals surface area (Å²) in [5.41, 5.74) is 0. The summed E-state index contributed by atoms with van der Waals surface area (Å²) in [7, 11) is 0. The van der Waals surface area contributed by atoms with Gasteiger partial charge in [0.2, 0.25) is 0 Å². The van der Waals surface area contributed by atoms with Gasteiger partial charge >= 0.3 is 30.2 Å². The zero-order chi connectivity index (χ0) is 15.9. The number of esters is 1. The van der Waals surface area contributed by atoms with Gasteiger partial charge in [0.25, 0.3) is 6.29 Å². The van der Waals surface area contributed by atoms with Gasteiger partial charge in [-0.15, -0.1) is 0 Å². The summed E-state index contributed by atoms with van der Waals surface area (Å²) in [6, 6.07) is 0. The van der Waals surface area contributed by atoms with Crippen molar-refractivity contribution in [2.75, 3.05) is 0 Å². The largest absolute Gasteiger partial charge is 0.465 e. The molecule has 0 aromatic rings. The maximum Gasteiger partial charge on any atom is 0.465 e. The molecule has 0 fully saturated rings. The van der Waals surface area contributed by atoms with Crippen LogP contribution in [0.15, 0.2) is 0 Å². The first-order valence-corrected chi connectivity index (χ1v) is 3.83. The lowest BCUT2D eigenvalue weighted by atomic mass is 10.3. The van der Waals surface area contributed by atoms with Gasteiger partial charge in [-0.2, -0.15) is 43.9 Å². The molecule has 0 aliphatic heterocycles. The summed E-state index contributed by atoms with van der Waals surface area (Å²) in [6.07, 6.45) is -17.7. The van der Waals surface area contributed by atoms with E-state index >= 15 is 0 Å². The fraction of sp³-hybridized carbons (Fsp3) is 0.833. The molecule has 0 saturated heterocycles. The molecule has 1 N–H and O–H groups in total. The fourth-order valence-corrected chi connectivity index (χ4v) is 0.505. The molecule has 0 heterocycles. The van der Waals surface area contributed by atoms with Crippen molar-refractivity contribution in [3.63, 3.8) is 0 Å². The van der Waals surface area contributed by atoms with Crippen LogP contribution >= 0.6 is 0 Å². The second-order valence-electron chi connectivity index (χ2n) is 2.95. The van der Waals surface area contributed by atoms with Crippen LogP contribution in [0.2, 0.25) is 0 Å². The summed E-state index contributed by atoms with van der Waals surface area (Å²) in [5, 5.41) is 8.10. The summed E-state index contributed by atoms with van der Waals surface area (Å²) >= 11 is 0. The molecule has 0 rings (SSSR count). The first-order chi connectivity index (χ1) is 8.05. The number of hydrogen-bond acceptors (Lipinski definition) is 3. The fourth-order valence-electron chi connectivity index (χ4n) is 0.505. The van der Waals surface area contributed by atoms with E-state index in [0.717, 1.165) is 0 Å². The highest BCUT2D eigenvalue weighted by Crippen LogP contribution is 2.41. The Morgan fingerprint density at radius 3 is 1.47 bits per heavy atom. The summed E-state index contributed by atoms with van der Waals surface area (Å²) in [6.45, 7) is 0. The average molecular weight is 312 g/mol. The molecular weight excluding hydrogens is 310 g/mol. The van der Waals surface area contributed by atoms with E-state index < -0.39 is 36.5 Å². The van der Waals surface area contributed by atoms with Gasteiger partial charge < -0.3 is 9.84 Å². The zero-order valence-electron chi connectivity index (χ0n) is 8.12. The minimum atomic E-state index is -6.59. The predicted octanol–water partition coefficient (Wildman–Crippen LogP) is 2.24. The summed E-state index contributed by atoms with van der Waals surface area (Å²) < 4.78 is 120. The molecule has 1 unspecified atom stereocenters. The van der Waals surface area contributed by atoms with Gasteiger partial charge in [0.1, 0.15) is 0 Å². The number of alkyl halides is 10. The highest BCUT2D eigenvalue weighted by molar-refractivity contribution is 5.78. The van der Waals surface area contributed by atoms with Crippen molar-refractivity contribution in [3.8, 4) is 0 Å². The highest BCUT2D eigenvalue weighted by Gasteiger charge is 2.69. The monoisotopic (exact) mass is 312 g/mol. The number of carbonyl (C=O) groups is 1. The normalized spacial score (nSPS) is 16.2. The predicted molar refractivity (Wildman–Crippen MR) is 34.1 cm³/mol. The van der Waals surface area contributed by atoms with Crippen LogP contribution in [0.1, 0.15) is 0 Å². The molecule has 0 spiro atoms. The van der Waals surface area contributed by atoms with Crippen LogP contribution in [-0.4, -0.2) is 41.6 Å². The van der Waals surface area contributed by atoms with Gasteiger partial charge in [-0.05, 0) is 0 Å². The van der Waals surface area contributed by atoms with Crippen molar-refractivity contribution >= 4 is 5.97 Å². The summed E-state index contributed by atoms with van der Waals surface area (Å²) in [4.78, 5) is 10.1. The van der Waals surface area contributed by atoms with Crippen molar-refractivity contribution in [1.29, 1.82) is 0 Å². The van der Waals surface area contributed by atoms with Crippen molar-refractivity contribution in [2.24, 2.45) is 0 Å². The molecule has 0 saturated carbocycles. The van der Waals surface area contributed by atoms with E-state index in [4.69, 9.17) is 5.11 Å². The molecule has 0 aliphatic carbocycles. The lowest BCUT2D eigenvalue weighted by Gasteiger charge is -2.26. The number of rotatable bonds is 3. The molecule has 114 valence electrons. The second kappa shape index (κ2) is 4.68. The van der Waals surface area contributed by atoms with E-state index in [-0.39, 0.29) is 0 Å². The molecule has 0 bridgehead atoms. The smallest absolute Gasteiger partial charge is 0.424 e. The van der Waals surface area contributed by atoms with Gasteiger partial charge in [-0.25, -0.2) is 4.79 Å². The van der Waals surface area contributed by atoms with Crippen LogP contribution in [0.4, 0.5) is 43.9 Å². The Kier molecular flexibility index (Phi) is 4.37. The molecule has 0 aliphatic rings. The van der Waals surface area contributed by atoms with Crippen LogP contribution in [0.3, 0.4) is 0 Å². The van der Waals surface area contributed by atoms with Crippen LogP contribution in [0.5, 0.6) is 0 Å². The number of ether oxygens (including phenoxy) is 1. The van der Waals surface area contributed by atoms with E-state index in [9.17, 15) is 48.7 Å². The van der Waals surface area contributed by atoms with Crippen molar-refractivity contribution in [2.45, 2.75) is 30.5 Å². The van der Waals surface area contributed by atoms with Gasteiger partial charge in [0.15, 0.2) is 0 Å². The topological polar surface area (TPSA) is 46.5 Å². The Labute approximate surface area is 96.3 Å². The number of aliphatic hydroxyl groups excluding tert-OH is 1.